The molecule has 0 saturated heterocycles. The van der Waals surface area contributed by atoms with E-state index < -0.39 is 11.7 Å². The molecule has 0 aliphatic carbocycles. The van der Waals surface area contributed by atoms with Crippen LogP contribution in [0.4, 0.5) is 10.1 Å². The maximum Gasteiger partial charge on any atom is 0.266 e. The quantitative estimate of drug-likeness (QED) is 0.263. The first-order chi connectivity index (χ1) is 16.3. The highest BCUT2D eigenvalue weighted by atomic mass is 79.9. The lowest BCUT2D eigenvalue weighted by Crippen LogP contribution is -2.13. The maximum atomic E-state index is 13.1. The van der Waals surface area contributed by atoms with Crippen molar-refractivity contribution in [2.75, 3.05) is 11.9 Å². The molecule has 0 spiro atoms. The molecule has 7 heteroatoms. The summed E-state index contributed by atoms with van der Waals surface area (Å²) in [4.78, 5) is 12.5. The van der Waals surface area contributed by atoms with E-state index in [1.54, 1.807) is 12.1 Å². The minimum Gasteiger partial charge on any atom is -0.490 e. The fourth-order valence-corrected chi connectivity index (χ4v) is 4.00. The molecule has 0 bridgehead atoms. The standard InChI is InChI=1S/C27H24BrFN2O3/c1-4-33-25-14-19(12-21(15-30)27(32)31-23-7-5-22(29)6-8-23)13-24(28)26(25)34-16-20-10-17(2)9-18(3)11-20/h5-14H,4,16H2,1-3H3,(H,31,32)/b21-12+. The molecule has 0 aromatic heterocycles. The van der Waals surface area contributed by atoms with Gasteiger partial charge in [0.2, 0.25) is 0 Å². The summed E-state index contributed by atoms with van der Waals surface area (Å²) in [6, 6.07) is 16.9. The molecule has 1 amide bonds. The topological polar surface area (TPSA) is 71.3 Å². The number of benzene rings is 3. The fourth-order valence-electron chi connectivity index (χ4n) is 3.43. The lowest BCUT2D eigenvalue weighted by atomic mass is 10.1. The van der Waals surface area contributed by atoms with Crippen LogP contribution in [-0.4, -0.2) is 12.5 Å². The van der Waals surface area contributed by atoms with Gasteiger partial charge in [0.25, 0.3) is 5.91 Å². The number of carbonyl (C=O) groups is 1. The Balaban J connectivity index is 1.85. The van der Waals surface area contributed by atoms with Gasteiger partial charge in [0.05, 0.1) is 11.1 Å². The molecule has 0 heterocycles. The summed E-state index contributed by atoms with van der Waals surface area (Å²) in [5, 5.41) is 12.1. The molecule has 0 radical (unpaired) electrons. The van der Waals surface area contributed by atoms with Crippen LogP contribution in [0.5, 0.6) is 11.5 Å². The summed E-state index contributed by atoms with van der Waals surface area (Å²) in [7, 11) is 0. The first kappa shape index (κ1) is 25.0. The highest BCUT2D eigenvalue weighted by Gasteiger charge is 2.15. The van der Waals surface area contributed by atoms with Crippen LogP contribution in [0.1, 0.15) is 29.2 Å². The lowest BCUT2D eigenvalue weighted by molar-refractivity contribution is -0.112. The van der Waals surface area contributed by atoms with Gasteiger partial charge in [-0.3, -0.25) is 4.79 Å². The summed E-state index contributed by atoms with van der Waals surface area (Å²) in [5.74, 6) is 0.0108. The molecule has 3 aromatic carbocycles. The smallest absolute Gasteiger partial charge is 0.266 e. The fraction of sp³-hybridized carbons (Fsp3) is 0.185. The number of ether oxygens (including phenoxy) is 2. The van der Waals surface area contributed by atoms with Gasteiger partial charge in [-0.1, -0.05) is 29.3 Å². The number of nitrogens with zero attached hydrogens (tertiary/aromatic N) is 1. The minimum absolute atomic E-state index is 0.109. The summed E-state index contributed by atoms with van der Waals surface area (Å²) in [6.07, 6.45) is 1.46. The summed E-state index contributed by atoms with van der Waals surface area (Å²) in [5.41, 5.74) is 4.22. The molecule has 0 aliphatic heterocycles. The molecular weight excluding hydrogens is 499 g/mol. The third-order valence-electron chi connectivity index (χ3n) is 4.77. The molecule has 0 unspecified atom stereocenters. The molecule has 0 saturated carbocycles. The van der Waals surface area contributed by atoms with E-state index in [2.05, 4.69) is 39.4 Å². The van der Waals surface area contributed by atoms with Gasteiger partial charge in [-0.05, 0) is 90.3 Å². The van der Waals surface area contributed by atoms with E-state index in [9.17, 15) is 14.4 Å². The van der Waals surface area contributed by atoms with E-state index in [4.69, 9.17) is 9.47 Å². The number of nitriles is 1. The van der Waals surface area contributed by atoms with Crippen LogP contribution in [0.15, 0.2) is 64.6 Å². The molecular formula is C27H24BrFN2O3. The van der Waals surface area contributed by atoms with Crippen molar-refractivity contribution in [2.24, 2.45) is 0 Å². The zero-order valence-electron chi connectivity index (χ0n) is 19.1. The van der Waals surface area contributed by atoms with Gasteiger partial charge in [-0.15, -0.1) is 0 Å². The van der Waals surface area contributed by atoms with Gasteiger partial charge in [0.1, 0.15) is 24.1 Å². The number of nitrogens with one attached hydrogen (secondary N) is 1. The van der Waals surface area contributed by atoms with Crippen molar-refractivity contribution in [3.8, 4) is 17.6 Å². The minimum atomic E-state index is -0.599. The van der Waals surface area contributed by atoms with Crippen molar-refractivity contribution < 1.29 is 18.7 Å². The Morgan fingerprint density at radius 2 is 1.76 bits per heavy atom. The van der Waals surface area contributed by atoms with Crippen LogP contribution in [0.25, 0.3) is 6.08 Å². The second-order valence-corrected chi connectivity index (χ2v) is 8.53. The Labute approximate surface area is 207 Å². The monoisotopic (exact) mass is 522 g/mol. The predicted molar refractivity (Wildman–Crippen MR) is 134 cm³/mol. The molecule has 3 rings (SSSR count). The summed E-state index contributed by atoms with van der Waals surface area (Å²) >= 11 is 3.53. The molecule has 174 valence electrons. The highest BCUT2D eigenvalue weighted by molar-refractivity contribution is 9.10. The zero-order chi connectivity index (χ0) is 24.7. The number of amides is 1. The zero-order valence-corrected chi connectivity index (χ0v) is 20.7. The summed E-state index contributed by atoms with van der Waals surface area (Å²) in [6.45, 7) is 6.72. The van der Waals surface area contributed by atoms with Gasteiger partial charge in [-0.2, -0.15) is 5.26 Å². The average molecular weight is 523 g/mol. The number of aryl methyl sites for hydroxylation is 2. The van der Waals surface area contributed by atoms with E-state index in [1.165, 1.54) is 30.3 Å². The molecule has 34 heavy (non-hydrogen) atoms. The molecule has 0 aliphatic rings. The first-order valence-electron chi connectivity index (χ1n) is 10.6. The second kappa shape index (κ2) is 11.5. The van der Waals surface area contributed by atoms with E-state index in [0.717, 1.165) is 16.7 Å². The lowest BCUT2D eigenvalue weighted by Gasteiger charge is -2.15. The Morgan fingerprint density at radius 1 is 1.09 bits per heavy atom. The summed E-state index contributed by atoms with van der Waals surface area (Å²) < 4.78 is 25.6. The van der Waals surface area contributed by atoms with Crippen LogP contribution in [0, 0.1) is 31.0 Å². The van der Waals surface area contributed by atoms with Crippen molar-refractivity contribution in [2.45, 2.75) is 27.4 Å². The van der Waals surface area contributed by atoms with Crippen LogP contribution in [0.2, 0.25) is 0 Å². The Morgan fingerprint density at radius 3 is 2.38 bits per heavy atom. The molecule has 1 N–H and O–H groups in total. The molecule has 0 fully saturated rings. The average Bonchev–Trinajstić information content (AvgIpc) is 2.78. The van der Waals surface area contributed by atoms with Crippen molar-refractivity contribution in [3.63, 3.8) is 0 Å². The van der Waals surface area contributed by atoms with E-state index >= 15 is 0 Å². The van der Waals surface area contributed by atoms with E-state index in [1.807, 2.05) is 26.8 Å². The molecule has 5 nitrogen and oxygen atoms in total. The van der Waals surface area contributed by atoms with Gasteiger partial charge < -0.3 is 14.8 Å². The van der Waals surface area contributed by atoms with Gasteiger partial charge in [0.15, 0.2) is 11.5 Å². The van der Waals surface area contributed by atoms with Crippen LogP contribution < -0.4 is 14.8 Å². The van der Waals surface area contributed by atoms with Crippen molar-refractivity contribution in [1.82, 2.24) is 0 Å². The van der Waals surface area contributed by atoms with Crippen LogP contribution >= 0.6 is 15.9 Å². The van der Waals surface area contributed by atoms with Crippen LogP contribution in [-0.2, 0) is 11.4 Å². The predicted octanol–water partition coefficient (Wildman–Crippen LogP) is 6.73. The Bertz CT molecular complexity index is 1240. The Hall–Kier alpha value is -3.63. The SMILES string of the molecule is CCOc1cc(/C=C(\C#N)C(=O)Nc2ccc(F)cc2)cc(Br)c1OCc1cc(C)cc(C)c1. The first-order valence-corrected chi connectivity index (χ1v) is 11.4. The number of hydrogen-bond donors (Lipinski definition) is 1. The normalized spacial score (nSPS) is 11.0. The second-order valence-electron chi connectivity index (χ2n) is 7.68. The molecule has 0 atom stereocenters. The molecule has 3 aromatic rings. The van der Waals surface area contributed by atoms with Gasteiger partial charge in [0, 0.05) is 5.69 Å². The van der Waals surface area contributed by atoms with Crippen molar-refractivity contribution in [1.29, 1.82) is 5.26 Å². The van der Waals surface area contributed by atoms with E-state index in [-0.39, 0.29) is 5.57 Å². The number of anilines is 1. The van der Waals surface area contributed by atoms with Crippen molar-refractivity contribution >= 4 is 33.6 Å². The number of hydrogen-bond acceptors (Lipinski definition) is 4. The largest absolute Gasteiger partial charge is 0.490 e. The van der Waals surface area contributed by atoms with Crippen LogP contribution in [0.3, 0.4) is 0 Å². The number of halogens is 2. The van der Waals surface area contributed by atoms with Gasteiger partial charge >= 0.3 is 0 Å². The van der Waals surface area contributed by atoms with E-state index in [0.29, 0.717) is 40.4 Å². The number of rotatable bonds is 8. The third kappa shape index (κ3) is 6.69. The van der Waals surface area contributed by atoms with Gasteiger partial charge in [-0.25, -0.2) is 4.39 Å². The highest BCUT2D eigenvalue weighted by Crippen LogP contribution is 2.38. The van der Waals surface area contributed by atoms with Crippen molar-refractivity contribution in [3.05, 3.63) is 92.7 Å². The Kier molecular flexibility index (Phi) is 8.44. The maximum absolute atomic E-state index is 13.1. The third-order valence-corrected chi connectivity index (χ3v) is 5.36. The number of carbonyl (C=O) groups excluding carboxylic acids is 1.